The number of aliphatic carboxylic acids is 1. The van der Waals surface area contributed by atoms with Gasteiger partial charge in [-0.3, -0.25) is 33.6 Å². The number of hydrogen-bond acceptors (Lipinski definition) is 14. The Morgan fingerprint density at radius 3 is 2.00 bits per heavy atom. The molecule has 360 valence electrons. The van der Waals surface area contributed by atoms with Gasteiger partial charge < -0.3 is 69.0 Å². The van der Waals surface area contributed by atoms with Crippen LogP contribution in [0.1, 0.15) is 51.2 Å². The van der Waals surface area contributed by atoms with E-state index in [0.29, 0.717) is 24.0 Å². The molecule has 2 heterocycles. The predicted octanol–water partition coefficient (Wildman–Crippen LogP) is -1.94. The van der Waals surface area contributed by atoms with Gasteiger partial charge >= 0.3 is 5.97 Å². The molecule has 1 fully saturated rings. The standard InChI is InChI=1S/C43H60N10O11S2/c1-22(45)36(56)50-32-20-65-66-21-33(41(61)53-35(24(3)55)43(63)64)51-42(62)34(23(2)54)52-37(57)29(15-9-10-16-44)47-39(59)31(18-26-19-46-28-14-8-7-13-27(26)28)49-38(58)30(48-40(32)60)17-25-11-5-4-6-12-25/h4-8,11-14,19,22-24,29-35,46,54-55H,9-10,15-18,20-21,44-45H2,1-3H3,(H,47,59)(H,48,60)(H,49,58)(H,50,56)(H,51,62)(H,52,57)(H,53,61)(H,63,64)/t22-,23-,24-,29+,30+,31-,32+,33+,34+,35+/m1/s1. The molecule has 1 aromatic heterocycles. The summed E-state index contributed by atoms with van der Waals surface area (Å²) >= 11 is 0. The number of carbonyl (C=O) groups is 8. The van der Waals surface area contributed by atoms with Gasteiger partial charge in [0, 0.05) is 41.4 Å². The van der Waals surface area contributed by atoms with E-state index in [1.54, 1.807) is 42.6 Å². The molecule has 0 bridgehead atoms. The first-order valence-corrected chi connectivity index (χ1v) is 23.9. The summed E-state index contributed by atoms with van der Waals surface area (Å²) in [6.45, 7) is 4.00. The lowest BCUT2D eigenvalue weighted by molar-refractivity contribution is -0.145. The molecule has 3 aromatic rings. The fourth-order valence-corrected chi connectivity index (χ4v) is 9.16. The number of para-hydroxylation sites is 1. The first-order chi connectivity index (χ1) is 31.4. The largest absolute Gasteiger partial charge is 0.480 e. The minimum absolute atomic E-state index is 0.00665. The van der Waals surface area contributed by atoms with Crippen molar-refractivity contribution in [3.8, 4) is 0 Å². The van der Waals surface area contributed by atoms with Crippen LogP contribution < -0.4 is 48.7 Å². The van der Waals surface area contributed by atoms with Gasteiger partial charge in [0.15, 0.2) is 6.04 Å². The second-order valence-electron chi connectivity index (χ2n) is 16.0. The van der Waals surface area contributed by atoms with Gasteiger partial charge in [-0.2, -0.15) is 0 Å². The fraction of sp³-hybridized carbons (Fsp3) is 0.488. The quantitative estimate of drug-likeness (QED) is 0.0583. The van der Waals surface area contributed by atoms with Crippen LogP contribution >= 0.6 is 21.6 Å². The van der Waals surface area contributed by atoms with Gasteiger partial charge in [-0.15, -0.1) is 0 Å². The minimum Gasteiger partial charge on any atom is -0.480 e. The summed E-state index contributed by atoms with van der Waals surface area (Å²) in [7, 11) is 1.90. The van der Waals surface area contributed by atoms with Gasteiger partial charge in [0.25, 0.3) is 0 Å². The smallest absolute Gasteiger partial charge is 0.328 e. The lowest BCUT2D eigenvalue weighted by Gasteiger charge is -2.29. The summed E-state index contributed by atoms with van der Waals surface area (Å²) in [5.74, 6) is -8.17. The zero-order valence-corrected chi connectivity index (χ0v) is 38.4. The zero-order valence-electron chi connectivity index (χ0n) is 36.8. The topological polar surface area (TPSA) is 349 Å². The Kier molecular flexibility index (Phi) is 20.7. The number of H-pyrrole nitrogens is 1. The van der Waals surface area contributed by atoms with Gasteiger partial charge in [-0.25, -0.2) is 4.79 Å². The van der Waals surface area contributed by atoms with Crippen molar-refractivity contribution >= 4 is 79.8 Å². The number of aliphatic hydroxyl groups excluding tert-OH is 2. The normalized spacial score (nSPS) is 23.7. The highest BCUT2D eigenvalue weighted by Crippen LogP contribution is 2.24. The molecule has 7 amide bonds. The number of aromatic nitrogens is 1. The maximum Gasteiger partial charge on any atom is 0.328 e. The first kappa shape index (κ1) is 52.9. The van der Waals surface area contributed by atoms with E-state index in [9.17, 15) is 53.7 Å². The molecular formula is C43H60N10O11S2. The minimum atomic E-state index is -1.79. The van der Waals surface area contributed by atoms with Gasteiger partial charge in [0.2, 0.25) is 41.4 Å². The van der Waals surface area contributed by atoms with Gasteiger partial charge in [-0.1, -0.05) is 70.1 Å². The van der Waals surface area contributed by atoms with Crippen molar-refractivity contribution in [2.45, 2.75) is 113 Å². The van der Waals surface area contributed by atoms with E-state index in [0.717, 1.165) is 39.4 Å². The number of carbonyl (C=O) groups excluding carboxylic acids is 7. The number of fused-ring (bicyclic) bond motifs is 1. The molecule has 0 aliphatic carbocycles. The average Bonchev–Trinajstić information content (AvgIpc) is 3.68. The Morgan fingerprint density at radius 2 is 1.36 bits per heavy atom. The highest BCUT2D eigenvalue weighted by atomic mass is 33.1. The van der Waals surface area contributed by atoms with Crippen LogP contribution in [0.25, 0.3) is 10.9 Å². The van der Waals surface area contributed by atoms with Crippen molar-refractivity contribution in [2.75, 3.05) is 18.1 Å². The Bertz CT molecular complexity index is 2160. The van der Waals surface area contributed by atoms with Crippen LogP contribution in [-0.2, 0) is 51.2 Å². The lowest BCUT2D eigenvalue weighted by atomic mass is 10.0. The molecule has 15 N–H and O–H groups in total. The highest BCUT2D eigenvalue weighted by molar-refractivity contribution is 8.76. The maximum absolute atomic E-state index is 14.5. The summed E-state index contributed by atoms with van der Waals surface area (Å²) in [4.78, 5) is 113. The van der Waals surface area contributed by atoms with Crippen LogP contribution in [-0.4, -0.2) is 146 Å². The molecule has 1 saturated heterocycles. The number of aromatic amines is 1. The number of nitrogens with one attached hydrogen (secondary N) is 8. The number of aliphatic hydroxyl groups is 2. The van der Waals surface area contributed by atoms with E-state index in [1.807, 2.05) is 18.2 Å². The van der Waals surface area contributed by atoms with Crippen molar-refractivity contribution in [3.05, 3.63) is 71.9 Å². The molecular weight excluding hydrogens is 897 g/mol. The fourth-order valence-electron chi connectivity index (χ4n) is 6.83. The van der Waals surface area contributed by atoms with Crippen molar-refractivity contribution in [2.24, 2.45) is 11.5 Å². The highest BCUT2D eigenvalue weighted by Gasteiger charge is 2.37. The Hall–Kier alpha value is -5.72. The van der Waals surface area contributed by atoms with E-state index in [-0.39, 0.29) is 37.3 Å². The summed E-state index contributed by atoms with van der Waals surface area (Å²) in [6.07, 6.45) is -0.822. The number of rotatable bonds is 15. The van der Waals surface area contributed by atoms with Gasteiger partial charge in [-0.05, 0) is 63.8 Å². The third kappa shape index (κ3) is 15.7. The molecule has 66 heavy (non-hydrogen) atoms. The number of carboxylic acids is 1. The van der Waals surface area contributed by atoms with E-state index in [1.165, 1.54) is 13.8 Å². The number of carboxylic acid groups (broad SMARTS) is 1. The number of nitrogens with two attached hydrogens (primary N) is 2. The second kappa shape index (κ2) is 25.8. The van der Waals surface area contributed by atoms with E-state index in [4.69, 9.17) is 11.5 Å². The van der Waals surface area contributed by atoms with Crippen LogP contribution in [0, 0.1) is 0 Å². The third-order valence-corrected chi connectivity index (χ3v) is 13.0. The number of benzene rings is 2. The Morgan fingerprint density at radius 1 is 0.758 bits per heavy atom. The van der Waals surface area contributed by atoms with Crippen LogP contribution in [0.5, 0.6) is 0 Å². The summed E-state index contributed by atoms with van der Waals surface area (Å²) in [5, 5.41) is 49.2. The molecule has 23 heteroatoms. The van der Waals surface area contributed by atoms with Gasteiger partial charge in [0.1, 0.15) is 36.3 Å². The summed E-state index contributed by atoms with van der Waals surface area (Å²) < 4.78 is 0. The van der Waals surface area contributed by atoms with Crippen molar-refractivity contribution in [1.82, 2.24) is 42.2 Å². The van der Waals surface area contributed by atoms with Crippen LogP contribution in [0.3, 0.4) is 0 Å². The van der Waals surface area contributed by atoms with E-state index >= 15 is 0 Å². The van der Waals surface area contributed by atoms with E-state index in [2.05, 4.69) is 42.2 Å². The Balaban J connectivity index is 1.81. The van der Waals surface area contributed by atoms with Crippen molar-refractivity contribution in [3.63, 3.8) is 0 Å². The number of hydrogen-bond donors (Lipinski definition) is 13. The van der Waals surface area contributed by atoms with Crippen molar-refractivity contribution < 1.29 is 53.7 Å². The lowest BCUT2D eigenvalue weighted by Crippen LogP contribution is -2.62. The monoisotopic (exact) mass is 956 g/mol. The number of unbranched alkanes of at least 4 members (excludes halogenated alkanes) is 1. The molecule has 1 aliphatic rings. The predicted molar refractivity (Wildman–Crippen MR) is 248 cm³/mol. The van der Waals surface area contributed by atoms with Crippen LogP contribution in [0.2, 0.25) is 0 Å². The summed E-state index contributed by atoms with van der Waals surface area (Å²) in [6, 6.07) is 4.52. The van der Waals surface area contributed by atoms with E-state index < -0.39 is 108 Å². The molecule has 0 spiro atoms. The molecule has 1 aliphatic heterocycles. The van der Waals surface area contributed by atoms with Crippen LogP contribution in [0.15, 0.2) is 60.8 Å². The number of amides is 7. The van der Waals surface area contributed by atoms with Crippen molar-refractivity contribution in [1.29, 1.82) is 0 Å². The molecule has 2 aromatic carbocycles. The maximum atomic E-state index is 14.5. The molecule has 21 nitrogen and oxygen atoms in total. The average molecular weight is 957 g/mol. The molecule has 0 radical (unpaired) electrons. The molecule has 0 saturated carbocycles. The third-order valence-electron chi connectivity index (χ3n) is 10.6. The van der Waals surface area contributed by atoms with Gasteiger partial charge in [0.05, 0.1) is 18.2 Å². The second-order valence-corrected chi connectivity index (χ2v) is 18.5. The SMILES string of the molecule is C[C@@H](N)C(=O)N[C@H]1CSSC[C@@H](C(=O)N[C@H](C(=O)O)[C@@H](C)O)NC(=O)[C@H]([C@@H](C)O)NC(=O)[C@H](CCCCN)NC(=O)[C@@H](Cc2c[nH]c3ccccc23)NC(=O)[C@H](Cc2ccccc2)NC1=O. The summed E-state index contributed by atoms with van der Waals surface area (Å²) in [5.41, 5.74) is 13.6. The molecule has 10 atom stereocenters. The Labute approximate surface area is 389 Å². The molecule has 4 rings (SSSR count). The zero-order chi connectivity index (χ0) is 48.5. The van der Waals surface area contributed by atoms with Crippen LogP contribution in [0.4, 0.5) is 0 Å². The first-order valence-electron chi connectivity index (χ1n) is 21.4. The molecule has 0 unspecified atom stereocenters.